The number of halogens is 4. The molecule has 0 radical (unpaired) electrons. The molecule has 0 saturated carbocycles. The molecule has 0 spiro atoms. The molecule has 0 aliphatic heterocycles. The molecule has 0 fully saturated rings. The summed E-state index contributed by atoms with van der Waals surface area (Å²) in [6.07, 6.45) is -2.73. The highest BCUT2D eigenvalue weighted by atomic mass is 35.5. The van der Waals surface area contributed by atoms with Crippen LogP contribution in [0.3, 0.4) is 0 Å². The Morgan fingerprint density at radius 2 is 1.68 bits per heavy atom. The third-order valence-electron chi connectivity index (χ3n) is 6.09. The largest absolute Gasteiger partial charge is 0.417 e. The molecule has 2 atom stereocenters. The summed E-state index contributed by atoms with van der Waals surface area (Å²) in [5, 5.41) is 2.26. The van der Waals surface area contributed by atoms with Gasteiger partial charge in [0.05, 0.1) is 22.5 Å². The number of nitrogens with one attached hydrogen (secondary N) is 1. The van der Waals surface area contributed by atoms with Crippen molar-refractivity contribution in [3.63, 3.8) is 0 Å². The fraction of sp³-hybridized carbons (Fsp3) is 0.462. The Morgan fingerprint density at radius 3 is 2.21 bits per heavy atom. The van der Waals surface area contributed by atoms with Gasteiger partial charge in [-0.2, -0.15) is 13.2 Å². The first-order chi connectivity index (χ1) is 17.7. The van der Waals surface area contributed by atoms with Crippen LogP contribution in [0.1, 0.15) is 44.7 Å². The second-order valence-electron chi connectivity index (χ2n) is 9.00. The zero-order valence-electron chi connectivity index (χ0n) is 21.8. The van der Waals surface area contributed by atoms with Crippen molar-refractivity contribution in [3.8, 4) is 0 Å². The van der Waals surface area contributed by atoms with Crippen LogP contribution in [-0.4, -0.2) is 56.6 Å². The van der Waals surface area contributed by atoms with Crippen molar-refractivity contribution >= 4 is 39.1 Å². The predicted molar refractivity (Wildman–Crippen MR) is 142 cm³/mol. The van der Waals surface area contributed by atoms with Gasteiger partial charge in [-0.3, -0.25) is 13.9 Å². The molecule has 0 aliphatic carbocycles. The van der Waals surface area contributed by atoms with Crippen LogP contribution in [0.15, 0.2) is 48.5 Å². The molecule has 38 heavy (non-hydrogen) atoms. The summed E-state index contributed by atoms with van der Waals surface area (Å²) in [5.41, 5.74) is -0.689. The van der Waals surface area contributed by atoms with Crippen molar-refractivity contribution in [1.82, 2.24) is 10.2 Å². The van der Waals surface area contributed by atoms with E-state index < -0.39 is 45.3 Å². The smallest absolute Gasteiger partial charge is 0.352 e. The molecule has 2 aromatic carbocycles. The Morgan fingerprint density at radius 1 is 1.05 bits per heavy atom. The quantitative estimate of drug-likeness (QED) is 0.390. The third-order valence-corrected chi connectivity index (χ3v) is 7.56. The van der Waals surface area contributed by atoms with Crippen molar-refractivity contribution < 1.29 is 31.2 Å². The number of hydrogen-bond acceptors (Lipinski definition) is 4. The summed E-state index contributed by atoms with van der Waals surface area (Å²) in [7, 11) is -4.19. The van der Waals surface area contributed by atoms with E-state index >= 15 is 0 Å². The zero-order chi connectivity index (χ0) is 28.7. The maximum atomic E-state index is 13.6. The Hall–Kier alpha value is -2.79. The number of rotatable bonds is 12. The second-order valence-corrected chi connectivity index (χ2v) is 11.3. The number of carbonyl (C=O) groups is 2. The summed E-state index contributed by atoms with van der Waals surface area (Å²) < 4.78 is 66.2. The predicted octanol–water partition coefficient (Wildman–Crippen LogP) is 4.89. The van der Waals surface area contributed by atoms with E-state index in [4.69, 9.17) is 11.6 Å². The van der Waals surface area contributed by atoms with Crippen LogP contribution in [-0.2, 0) is 32.2 Å². The van der Waals surface area contributed by atoms with Gasteiger partial charge in [0.1, 0.15) is 12.6 Å². The number of alkyl halides is 3. The standard InChI is InChI=1S/C26H33ClF3N3O4S/c1-5-18(3)31-25(35)23(6-2)32(15-14-19-10-8-7-9-11-19)24(34)17-33(38(4,36)37)20-12-13-22(27)21(16-20)26(28,29)30/h7-13,16,18,23H,5-6,14-15,17H2,1-4H3,(H,31,35)/t18-,23-/m0/s1. The number of nitrogens with zero attached hydrogens (tertiary/aromatic N) is 2. The van der Waals surface area contributed by atoms with Crippen LogP contribution in [0, 0.1) is 0 Å². The van der Waals surface area contributed by atoms with E-state index in [1.165, 1.54) is 4.90 Å². The lowest BCUT2D eigenvalue weighted by Crippen LogP contribution is -2.54. The molecule has 0 saturated heterocycles. The number of amides is 2. The molecule has 1 N–H and O–H groups in total. The molecule has 2 amide bonds. The molecule has 0 aromatic heterocycles. The molecule has 2 aromatic rings. The van der Waals surface area contributed by atoms with E-state index in [0.29, 0.717) is 23.2 Å². The van der Waals surface area contributed by atoms with Crippen molar-refractivity contribution in [1.29, 1.82) is 0 Å². The maximum absolute atomic E-state index is 13.6. The maximum Gasteiger partial charge on any atom is 0.417 e. The summed E-state index contributed by atoms with van der Waals surface area (Å²) >= 11 is 5.70. The van der Waals surface area contributed by atoms with Gasteiger partial charge in [0.25, 0.3) is 0 Å². The Labute approximate surface area is 227 Å². The number of sulfonamides is 1. The Kier molecular flexibility index (Phi) is 11.0. The summed E-state index contributed by atoms with van der Waals surface area (Å²) in [5.74, 6) is -1.11. The van der Waals surface area contributed by atoms with Gasteiger partial charge >= 0.3 is 6.18 Å². The first-order valence-corrected chi connectivity index (χ1v) is 14.4. The van der Waals surface area contributed by atoms with Crippen molar-refractivity contribution in [2.24, 2.45) is 0 Å². The lowest BCUT2D eigenvalue weighted by molar-refractivity contribution is -0.139. The van der Waals surface area contributed by atoms with E-state index in [1.54, 1.807) is 6.92 Å². The molecule has 0 heterocycles. The number of carbonyl (C=O) groups excluding carboxylic acids is 2. The number of anilines is 1. The van der Waals surface area contributed by atoms with Crippen LogP contribution < -0.4 is 9.62 Å². The first kappa shape index (κ1) is 31.4. The Balaban J connectivity index is 2.45. The van der Waals surface area contributed by atoms with Gasteiger partial charge in [-0.15, -0.1) is 0 Å². The normalized spacial score (nSPS) is 13.5. The van der Waals surface area contributed by atoms with Crippen LogP contribution in [0.4, 0.5) is 18.9 Å². The minimum atomic E-state index is -4.83. The van der Waals surface area contributed by atoms with Crippen LogP contribution >= 0.6 is 11.6 Å². The Bertz CT molecular complexity index is 1210. The van der Waals surface area contributed by atoms with E-state index in [1.807, 2.05) is 44.2 Å². The summed E-state index contributed by atoms with van der Waals surface area (Å²) in [6.45, 7) is 4.76. The first-order valence-electron chi connectivity index (χ1n) is 12.2. The summed E-state index contributed by atoms with van der Waals surface area (Å²) in [6, 6.07) is 10.8. The molecule has 0 unspecified atom stereocenters. The molecule has 7 nitrogen and oxygen atoms in total. The SMILES string of the molecule is CC[C@H](C)NC(=O)[C@H](CC)N(CCc1ccccc1)C(=O)CN(c1ccc(Cl)c(C(F)(F)F)c1)S(C)(=O)=O. The van der Waals surface area contributed by atoms with E-state index in [0.717, 1.165) is 24.0 Å². The zero-order valence-corrected chi connectivity index (χ0v) is 23.3. The van der Waals surface area contributed by atoms with Crippen molar-refractivity contribution in [2.45, 2.75) is 58.3 Å². The van der Waals surface area contributed by atoms with Crippen LogP contribution in [0.2, 0.25) is 5.02 Å². The molecular formula is C26H33ClF3N3O4S. The fourth-order valence-corrected chi connectivity index (χ4v) is 4.90. The molecule has 0 aliphatic rings. The lowest BCUT2D eigenvalue weighted by atomic mass is 10.1. The molecule has 12 heteroatoms. The summed E-state index contributed by atoms with van der Waals surface area (Å²) in [4.78, 5) is 28.0. The monoisotopic (exact) mass is 575 g/mol. The van der Waals surface area contributed by atoms with Gasteiger partial charge in [-0.1, -0.05) is 55.8 Å². The van der Waals surface area contributed by atoms with Gasteiger partial charge in [0, 0.05) is 12.6 Å². The van der Waals surface area contributed by atoms with Crippen LogP contribution in [0.5, 0.6) is 0 Å². The van der Waals surface area contributed by atoms with Gasteiger partial charge in [-0.05, 0) is 49.9 Å². The van der Waals surface area contributed by atoms with Gasteiger partial charge < -0.3 is 10.2 Å². The average molecular weight is 576 g/mol. The van der Waals surface area contributed by atoms with E-state index in [9.17, 15) is 31.2 Å². The third kappa shape index (κ3) is 8.62. The van der Waals surface area contributed by atoms with Gasteiger partial charge in [-0.25, -0.2) is 8.42 Å². The van der Waals surface area contributed by atoms with Crippen molar-refractivity contribution in [3.05, 3.63) is 64.7 Å². The second kappa shape index (κ2) is 13.3. The minimum Gasteiger partial charge on any atom is -0.352 e. The highest BCUT2D eigenvalue weighted by Crippen LogP contribution is 2.37. The number of hydrogen-bond donors (Lipinski definition) is 1. The number of benzene rings is 2. The lowest BCUT2D eigenvalue weighted by Gasteiger charge is -2.33. The average Bonchev–Trinajstić information content (AvgIpc) is 2.84. The van der Waals surface area contributed by atoms with Crippen molar-refractivity contribution in [2.75, 3.05) is 23.7 Å². The topological polar surface area (TPSA) is 86.8 Å². The minimum absolute atomic E-state index is 0.0985. The highest BCUT2D eigenvalue weighted by Gasteiger charge is 2.36. The molecular weight excluding hydrogens is 543 g/mol. The molecule has 210 valence electrons. The molecule has 2 rings (SSSR count). The van der Waals surface area contributed by atoms with E-state index in [-0.39, 0.29) is 30.6 Å². The highest BCUT2D eigenvalue weighted by molar-refractivity contribution is 7.92. The molecule has 0 bridgehead atoms. The van der Waals surface area contributed by atoms with Gasteiger partial charge in [0.15, 0.2) is 0 Å². The van der Waals surface area contributed by atoms with Crippen LogP contribution in [0.25, 0.3) is 0 Å². The fourth-order valence-electron chi connectivity index (χ4n) is 3.84. The van der Waals surface area contributed by atoms with E-state index in [2.05, 4.69) is 5.32 Å². The van der Waals surface area contributed by atoms with Gasteiger partial charge in [0.2, 0.25) is 21.8 Å².